The number of phenolic OH excluding ortho intramolecular Hbond substituents is 1. The number of halogens is 1. The van der Waals surface area contributed by atoms with E-state index >= 15 is 0 Å². The van der Waals surface area contributed by atoms with Crippen LogP contribution in [-0.4, -0.2) is 28.5 Å². The highest BCUT2D eigenvalue weighted by molar-refractivity contribution is 5.86. The number of likely N-dealkylation sites (tertiary alicyclic amines) is 1. The monoisotopic (exact) mass is 355 g/mol. The fourth-order valence-electron chi connectivity index (χ4n) is 4.29. The Balaban J connectivity index is 1.81. The second-order valence-electron chi connectivity index (χ2n) is 6.88. The van der Waals surface area contributed by atoms with Crippen LogP contribution in [-0.2, 0) is 4.79 Å². The number of benzene rings is 2. The van der Waals surface area contributed by atoms with E-state index in [0.717, 1.165) is 6.42 Å². The van der Waals surface area contributed by atoms with E-state index in [1.807, 2.05) is 19.1 Å². The van der Waals surface area contributed by atoms with Crippen molar-refractivity contribution in [3.8, 4) is 5.75 Å². The Labute approximate surface area is 151 Å². The zero-order valence-electron chi connectivity index (χ0n) is 14.5. The highest BCUT2D eigenvalue weighted by atomic mass is 19.1. The number of hydrazine groups is 1. The molecule has 2 aromatic carbocycles. The fraction of sp³-hybridized carbons (Fsp3) is 0.350. The Morgan fingerprint density at radius 3 is 2.38 bits per heavy atom. The van der Waals surface area contributed by atoms with Crippen LogP contribution >= 0.6 is 0 Å². The molecule has 4 rings (SSSR count). The Morgan fingerprint density at radius 2 is 1.69 bits per heavy atom. The van der Waals surface area contributed by atoms with Gasteiger partial charge in [0.05, 0.1) is 12.1 Å². The first kappa shape index (κ1) is 17.0. The first-order chi connectivity index (χ1) is 12.6. The number of carbonyl (C=O) groups excluding carboxylic acids is 1. The maximum Gasteiger partial charge on any atom is 0.242 e. The molecule has 4 atom stereocenters. The van der Waals surface area contributed by atoms with Gasteiger partial charge in [-0.2, -0.15) is 0 Å². The van der Waals surface area contributed by atoms with Gasteiger partial charge in [-0.15, -0.1) is 0 Å². The summed E-state index contributed by atoms with van der Waals surface area (Å²) in [6.45, 7) is 2.58. The van der Waals surface area contributed by atoms with Crippen molar-refractivity contribution in [1.29, 1.82) is 0 Å². The molecule has 0 bridgehead atoms. The maximum atomic E-state index is 14.6. The summed E-state index contributed by atoms with van der Waals surface area (Å²) >= 11 is 0. The number of carbonyl (C=O) groups is 1. The quantitative estimate of drug-likeness (QED) is 0.789. The van der Waals surface area contributed by atoms with E-state index in [1.165, 1.54) is 6.07 Å². The summed E-state index contributed by atoms with van der Waals surface area (Å²) in [5.41, 5.74) is 7.45. The van der Waals surface area contributed by atoms with Gasteiger partial charge >= 0.3 is 0 Å². The van der Waals surface area contributed by atoms with E-state index in [1.54, 1.807) is 35.2 Å². The molecule has 2 fully saturated rings. The Hall–Kier alpha value is -2.44. The van der Waals surface area contributed by atoms with Crippen molar-refractivity contribution in [3.63, 3.8) is 0 Å². The molecule has 5 nitrogen and oxygen atoms in total. The standard InChI is InChI=1S/C20H22FN3O2/c1-2-11-24-19(12-7-3-5-9-14(12)21)16-17(22-23-18(16)20(24)26)13-8-4-6-10-15(13)25/h3-10,16-19,22-23,25H,2,11H2,1H3. The predicted molar refractivity (Wildman–Crippen MR) is 95.5 cm³/mol. The fourth-order valence-corrected chi connectivity index (χ4v) is 4.29. The van der Waals surface area contributed by atoms with Crippen LogP contribution in [0.3, 0.4) is 0 Å². The molecule has 0 saturated carbocycles. The van der Waals surface area contributed by atoms with Crippen LogP contribution in [0.25, 0.3) is 0 Å². The van der Waals surface area contributed by atoms with Gasteiger partial charge < -0.3 is 10.0 Å². The molecule has 136 valence electrons. The third-order valence-corrected chi connectivity index (χ3v) is 5.37. The second kappa shape index (κ2) is 6.70. The van der Waals surface area contributed by atoms with Gasteiger partial charge in [0.1, 0.15) is 17.6 Å². The molecule has 2 heterocycles. The van der Waals surface area contributed by atoms with Crippen LogP contribution in [0, 0.1) is 11.7 Å². The van der Waals surface area contributed by atoms with Crippen LogP contribution < -0.4 is 10.9 Å². The van der Waals surface area contributed by atoms with Crippen LogP contribution in [0.2, 0.25) is 0 Å². The van der Waals surface area contributed by atoms with Gasteiger partial charge in [-0.05, 0) is 18.6 Å². The van der Waals surface area contributed by atoms with Crippen molar-refractivity contribution in [1.82, 2.24) is 15.8 Å². The molecule has 26 heavy (non-hydrogen) atoms. The number of aromatic hydroxyl groups is 1. The van der Waals surface area contributed by atoms with E-state index in [-0.39, 0.29) is 35.5 Å². The summed E-state index contributed by atoms with van der Waals surface area (Å²) in [6.07, 6.45) is 0.796. The third-order valence-electron chi connectivity index (χ3n) is 5.37. The first-order valence-corrected chi connectivity index (χ1v) is 8.97. The van der Waals surface area contributed by atoms with Gasteiger partial charge in [-0.1, -0.05) is 43.3 Å². The molecular weight excluding hydrogens is 333 g/mol. The molecule has 0 aliphatic carbocycles. The predicted octanol–water partition coefficient (Wildman–Crippen LogP) is 2.66. The Bertz CT molecular complexity index is 828. The summed E-state index contributed by atoms with van der Waals surface area (Å²) in [4.78, 5) is 14.7. The minimum Gasteiger partial charge on any atom is -0.508 e. The number of para-hydroxylation sites is 1. The zero-order chi connectivity index (χ0) is 18.3. The number of nitrogens with zero attached hydrogens (tertiary/aromatic N) is 1. The molecule has 1 amide bonds. The van der Waals surface area contributed by atoms with E-state index in [9.17, 15) is 14.3 Å². The van der Waals surface area contributed by atoms with E-state index in [2.05, 4.69) is 10.9 Å². The summed E-state index contributed by atoms with van der Waals surface area (Å²) in [5.74, 6) is -0.397. The van der Waals surface area contributed by atoms with Crippen LogP contribution in [0.1, 0.15) is 36.6 Å². The van der Waals surface area contributed by atoms with Gasteiger partial charge in [-0.3, -0.25) is 4.79 Å². The lowest BCUT2D eigenvalue weighted by Crippen LogP contribution is -2.41. The lowest BCUT2D eigenvalue weighted by molar-refractivity contribution is -0.130. The number of amides is 1. The number of hydrogen-bond acceptors (Lipinski definition) is 4. The third kappa shape index (κ3) is 2.57. The summed E-state index contributed by atoms with van der Waals surface area (Å²) in [6, 6.07) is 12.6. The number of phenols is 1. The molecule has 3 N–H and O–H groups in total. The van der Waals surface area contributed by atoms with Crippen molar-refractivity contribution in [3.05, 3.63) is 65.5 Å². The van der Waals surface area contributed by atoms with Crippen molar-refractivity contribution < 1.29 is 14.3 Å². The number of hydrogen-bond donors (Lipinski definition) is 3. The van der Waals surface area contributed by atoms with Crippen LogP contribution in [0.4, 0.5) is 4.39 Å². The minimum atomic E-state index is -0.448. The molecule has 2 aliphatic rings. The van der Waals surface area contributed by atoms with Crippen molar-refractivity contribution in [2.75, 3.05) is 6.54 Å². The van der Waals surface area contributed by atoms with Gasteiger partial charge in [-0.25, -0.2) is 15.2 Å². The van der Waals surface area contributed by atoms with Gasteiger partial charge in [0.15, 0.2) is 0 Å². The van der Waals surface area contributed by atoms with Crippen LogP contribution in [0.15, 0.2) is 48.5 Å². The van der Waals surface area contributed by atoms with Gasteiger partial charge in [0.25, 0.3) is 0 Å². The van der Waals surface area contributed by atoms with Crippen molar-refractivity contribution in [2.45, 2.75) is 31.5 Å². The smallest absolute Gasteiger partial charge is 0.242 e. The Kier molecular flexibility index (Phi) is 4.38. The topological polar surface area (TPSA) is 64.6 Å². The number of fused-ring (bicyclic) bond motifs is 1. The average Bonchev–Trinajstić information content (AvgIpc) is 3.17. The maximum absolute atomic E-state index is 14.6. The number of rotatable bonds is 4. The highest BCUT2D eigenvalue weighted by Crippen LogP contribution is 2.48. The molecule has 2 aromatic rings. The summed E-state index contributed by atoms with van der Waals surface area (Å²) in [5, 5.41) is 10.3. The lowest BCUT2D eigenvalue weighted by atomic mass is 9.83. The number of nitrogens with one attached hydrogen (secondary N) is 2. The largest absolute Gasteiger partial charge is 0.508 e. The molecule has 4 unspecified atom stereocenters. The minimum absolute atomic E-state index is 0.0319. The van der Waals surface area contributed by atoms with Crippen LogP contribution in [0.5, 0.6) is 5.75 Å². The highest BCUT2D eigenvalue weighted by Gasteiger charge is 2.56. The normalized spacial score (nSPS) is 27.8. The van der Waals surface area contributed by atoms with E-state index in [4.69, 9.17) is 0 Å². The van der Waals surface area contributed by atoms with E-state index in [0.29, 0.717) is 17.7 Å². The lowest BCUT2D eigenvalue weighted by Gasteiger charge is -2.31. The summed E-state index contributed by atoms with van der Waals surface area (Å²) in [7, 11) is 0. The Morgan fingerprint density at radius 1 is 1.04 bits per heavy atom. The second-order valence-corrected chi connectivity index (χ2v) is 6.88. The van der Waals surface area contributed by atoms with Crippen molar-refractivity contribution >= 4 is 5.91 Å². The summed E-state index contributed by atoms with van der Waals surface area (Å²) < 4.78 is 14.6. The zero-order valence-corrected chi connectivity index (χ0v) is 14.5. The van der Waals surface area contributed by atoms with E-state index < -0.39 is 6.04 Å². The average molecular weight is 355 g/mol. The molecule has 0 radical (unpaired) electrons. The van der Waals surface area contributed by atoms with Gasteiger partial charge in [0.2, 0.25) is 5.91 Å². The molecule has 0 spiro atoms. The van der Waals surface area contributed by atoms with Gasteiger partial charge in [0, 0.05) is 23.6 Å². The first-order valence-electron chi connectivity index (χ1n) is 8.97. The van der Waals surface area contributed by atoms with Crippen molar-refractivity contribution in [2.24, 2.45) is 5.92 Å². The molecular formula is C20H22FN3O2. The molecule has 2 aliphatic heterocycles. The SMILES string of the molecule is CCCN1C(=O)C2NNC(c3ccccc3O)C2C1c1ccccc1F. The molecule has 2 saturated heterocycles. The molecule has 6 heteroatoms. The molecule has 0 aromatic heterocycles.